The molecule has 0 bridgehead atoms. The first-order valence-electron chi connectivity index (χ1n) is 36.2. The van der Waals surface area contributed by atoms with Crippen LogP contribution in [0.1, 0.15) is 152 Å². The summed E-state index contributed by atoms with van der Waals surface area (Å²) in [5.41, 5.74) is 22.5. The molecule has 33 heteroatoms. The minimum absolute atomic E-state index is 0.0595. The molecule has 3 aliphatic heterocycles. The van der Waals surface area contributed by atoms with Gasteiger partial charge in [-0.25, -0.2) is 0 Å². The Labute approximate surface area is 612 Å². The average molecular weight is 1460 g/mol. The molecule has 0 radical (unpaired) electrons. The van der Waals surface area contributed by atoms with Crippen LogP contribution in [0, 0.1) is 30.3 Å². The highest BCUT2D eigenvalue weighted by molar-refractivity contribution is 5.81. The minimum Gasteiger partial charge on any atom is -0.465 e. The van der Waals surface area contributed by atoms with Gasteiger partial charge in [0.2, 0.25) is 34.9 Å². The quantitative estimate of drug-likeness (QED) is 0.0106. The largest absolute Gasteiger partial charge is 0.465 e. The fourth-order valence-corrected chi connectivity index (χ4v) is 12.0. The van der Waals surface area contributed by atoms with Crippen molar-refractivity contribution < 1.29 is 57.6 Å². The summed E-state index contributed by atoms with van der Waals surface area (Å²) in [6.07, 6.45) is 12.2. The molecule has 0 amide bonds. The number of nitrogen functional groups attached to an aromatic ring is 3. The van der Waals surface area contributed by atoms with Crippen LogP contribution >= 0.6 is 0 Å². The van der Waals surface area contributed by atoms with Crippen LogP contribution in [0.3, 0.4) is 0 Å². The second-order valence-corrected chi connectivity index (χ2v) is 25.4. The molecule has 3 fully saturated rings. The number of benzene rings is 3. The first-order valence-corrected chi connectivity index (χ1v) is 36.2. The lowest BCUT2D eigenvalue weighted by Crippen LogP contribution is -2.33. The number of hydrogen-bond acceptors (Lipinski definition) is 30. The zero-order valence-electron chi connectivity index (χ0n) is 61.3. The predicted molar refractivity (Wildman–Crippen MR) is 396 cm³/mol. The van der Waals surface area contributed by atoms with E-state index in [9.17, 15) is 44.7 Å². The monoisotopic (exact) mass is 1460 g/mol. The van der Waals surface area contributed by atoms with Gasteiger partial charge >= 0.3 is 53.0 Å². The maximum atomic E-state index is 12.5. The van der Waals surface area contributed by atoms with Crippen LogP contribution in [-0.4, -0.2) is 176 Å². The molecule has 0 unspecified atom stereocenters. The van der Waals surface area contributed by atoms with Crippen molar-refractivity contribution >= 4 is 69.9 Å². The van der Waals surface area contributed by atoms with Gasteiger partial charge in [-0.15, -0.1) is 0 Å². The molecule has 570 valence electrons. The number of aromatic nitrogens is 6. The van der Waals surface area contributed by atoms with E-state index >= 15 is 0 Å². The zero-order valence-corrected chi connectivity index (χ0v) is 61.3. The van der Waals surface area contributed by atoms with E-state index in [1.807, 2.05) is 87.5 Å². The van der Waals surface area contributed by atoms with E-state index in [1.165, 1.54) is 58.8 Å². The van der Waals surface area contributed by atoms with Gasteiger partial charge in [-0.2, -0.15) is 29.9 Å². The maximum Gasteiger partial charge on any atom is 0.353 e. The third kappa shape index (κ3) is 26.1. The summed E-state index contributed by atoms with van der Waals surface area (Å²) in [4.78, 5) is 108. The smallest absolute Gasteiger partial charge is 0.353 e. The normalized spacial score (nSPS) is 13.5. The third-order valence-electron chi connectivity index (χ3n) is 17.2. The van der Waals surface area contributed by atoms with E-state index in [1.54, 1.807) is 20.8 Å². The SMILES string of the molecule is CCCCOc1nc(N)c([N+](=O)[O-])c(N(CC(=O)OCC)Cc2ccc(CN3CCCC3)cc2)n1.CCCCOc1nc(N)c([N+](=O)[O-])c(N(CC(=O)OCC)Cc2cccc(CN3CCCC3)c2)n1.CCCCOc1nc(N)c([N+](=O)[O-])c(N(CC(=O)OCC)Cc2ccccc2CN2CCCC2)n1. The highest BCUT2D eigenvalue weighted by atomic mass is 16.6. The van der Waals surface area contributed by atoms with Crippen molar-refractivity contribution in [2.24, 2.45) is 0 Å². The number of carbonyl (C=O) groups excluding carboxylic acids is 3. The zero-order chi connectivity index (χ0) is 75.6. The Kier molecular flexibility index (Phi) is 33.5. The van der Waals surface area contributed by atoms with Gasteiger partial charge < -0.3 is 60.3 Å². The Hall–Kier alpha value is -10.4. The van der Waals surface area contributed by atoms with E-state index in [0.29, 0.717) is 19.8 Å². The maximum absolute atomic E-state index is 12.5. The Morgan fingerprint density at radius 3 is 1.12 bits per heavy atom. The van der Waals surface area contributed by atoms with E-state index in [4.69, 9.17) is 45.6 Å². The van der Waals surface area contributed by atoms with Gasteiger partial charge in [0, 0.05) is 39.3 Å². The summed E-state index contributed by atoms with van der Waals surface area (Å²) in [7, 11) is 0. The predicted octanol–water partition coefficient (Wildman–Crippen LogP) is 9.93. The number of nitro groups is 3. The van der Waals surface area contributed by atoms with Gasteiger partial charge in [0.15, 0.2) is 0 Å². The first kappa shape index (κ1) is 81.9. The topological polar surface area (TPSA) is 411 Å². The first-order chi connectivity index (χ1) is 50.7. The van der Waals surface area contributed by atoms with Gasteiger partial charge in [-0.1, -0.05) is 113 Å². The summed E-state index contributed by atoms with van der Waals surface area (Å²) < 4.78 is 32.1. The lowest BCUT2D eigenvalue weighted by molar-refractivity contribution is -0.383. The van der Waals surface area contributed by atoms with Crippen molar-refractivity contribution in [1.82, 2.24) is 44.6 Å². The summed E-state index contributed by atoms with van der Waals surface area (Å²) in [6.45, 7) is 21.6. The second kappa shape index (κ2) is 43.0. The van der Waals surface area contributed by atoms with E-state index in [-0.39, 0.29) is 112 Å². The molecular formula is C72H102N18O15. The molecule has 0 saturated carbocycles. The number of hydrogen-bond donors (Lipinski definition) is 3. The molecule has 0 aliphatic carbocycles. The van der Waals surface area contributed by atoms with Crippen LogP contribution in [0.2, 0.25) is 0 Å². The van der Waals surface area contributed by atoms with Crippen molar-refractivity contribution in [2.75, 3.05) is 130 Å². The van der Waals surface area contributed by atoms with Crippen LogP contribution in [0.25, 0.3) is 0 Å². The fraction of sp³-hybridized carbons (Fsp3) is 0.542. The van der Waals surface area contributed by atoms with E-state index in [0.717, 1.165) is 125 Å². The average Bonchev–Trinajstić information content (AvgIpc) is 1.44. The highest BCUT2D eigenvalue weighted by Crippen LogP contribution is 2.37. The molecule has 0 spiro atoms. The number of likely N-dealkylation sites (tertiary alicyclic amines) is 3. The van der Waals surface area contributed by atoms with Crippen molar-refractivity contribution in [2.45, 2.75) is 158 Å². The van der Waals surface area contributed by atoms with Crippen molar-refractivity contribution in [3.63, 3.8) is 0 Å². The summed E-state index contributed by atoms with van der Waals surface area (Å²) in [5, 5.41) is 35.7. The fourth-order valence-electron chi connectivity index (χ4n) is 12.0. The molecule has 6 aromatic rings. The molecule has 105 heavy (non-hydrogen) atoms. The summed E-state index contributed by atoms with van der Waals surface area (Å²) >= 11 is 0. The molecule has 3 aliphatic rings. The van der Waals surface area contributed by atoms with Crippen molar-refractivity contribution in [1.29, 1.82) is 0 Å². The number of unbranched alkanes of at least 4 members (excludes halogenated alkanes) is 3. The van der Waals surface area contributed by atoms with Crippen molar-refractivity contribution in [3.05, 3.63) is 137 Å². The van der Waals surface area contributed by atoms with Gasteiger partial charge in [0.05, 0.1) is 54.4 Å². The summed E-state index contributed by atoms with van der Waals surface area (Å²) in [6, 6.07) is 23.7. The van der Waals surface area contributed by atoms with Crippen LogP contribution in [-0.2, 0) is 67.9 Å². The Morgan fingerprint density at radius 1 is 0.419 bits per heavy atom. The van der Waals surface area contributed by atoms with E-state index in [2.05, 4.69) is 50.7 Å². The number of ether oxygens (including phenoxy) is 6. The van der Waals surface area contributed by atoms with Crippen molar-refractivity contribution in [3.8, 4) is 18.0 Å². The standard InChI is InChI=1S/3C24H34N6O5/c1-3-5-14-35-24-26-22(25)21(30(32)33)23(27-24)29(17-20(31)34-4-2)16-19-10-8-18(9-11-19)15-28-12-6-7-13-28;1-3-5-13-35-24-26-22(25)21(30(32)33)23(27-24)29(17-20(31)34-4-2)16-19-10-8-9-18(14-19)15-28-11-6-7-12-28;1-3-5-14-35-24-26-22(25)21(30(32)33)23(27-24)29(17-20(31)34-4-2)16-19-11-7-6-10-18(19)15-28-12-8-9-13-28/h8-11H,3-7,12-17H2,1-2H3,(H2,25,26,27);8-10,14H,3-7,11-13,15-17H2,1-2H3,(H2,25,26,27);6-7,10-11H,3-5,8-9,12-17H2,1-2H3,(H2,25,26,27). The van der Waals surface area contributed by atoms with Crippen LogP contribution < -0.4 is 46.1 Å². The Balaban J connectivity index is 0.000000220. The van der Waals surface area contributed by atoms with Gasteiger partial charge in [-0.3, -0.25) is 59.4 Å². The minimum atomic E-state index is -0.641. The Bertz CT molecular complexity index is 3780. The number of carbonyl (C=O) groups is 3. The molecular weight excluding hydrogens is 1360 g/mol. The van der Waals surface area contributed by atoms with Crippen LogP contribution in [0.4, 0.5) is 52.0 Å². The van der Waals surface area contributed by atoms with E-state index < -0.39 is 49.7 Å². The van der Waals surface area contributed by atoms with Gasteiger partial charge in [0.1, 0.15) is 19.6 Å². The van der Waals surface area contributed by atoms with Gasteiger partial charge in [0.25, 0.3) is 0 Å². The number of esters is 3. The third-order valence-corrected chi connectivity index (χ3v) is 17.2. The summed E-state index contributed by atoms with van der Waals surface area (Å²) in [5.74, 6) is -2.76. The van der Waals surface area contributed by atoms with Crippen LogP contribution in [0.5, 0.6) is 18.0 Å². The van der Waals surface area contributed by atoms with Gasteiger partial charge in [-0.05, 0) is 151 Å². The molecule has 3 saturated heterocycles. The molecule has 3 aromatic heterocycles. The molecule has 3 aromatic carbocycles. The number of nitrogens with two attached hydrogens (primary N) is 3. The molecule has 9 rings (SSSR count). The number of nitrogens with zero attached hydrogens (tertiary/aromatic N) is 15. The molecule has 33 nitrogen and oxygen atoms in total. The molecule has 6 heterocycles. The lowest BCUT2D eigenvalue weighted by atomic mass is 10.1. The molecule has 0 atom stereocenters. The highest BCUT2D eigenvalue weighted by Gasteiger charge is 2.34. The Morgan fingerprint density at radius 2 is 0.752 bits per heavy atom. The second-order valence-electron chi connectivity index (χ2n) is 25.4. The van der Waals surface area contributed by atoms with Crippen LogP contribution in [0.15, 0.2) is 72.8 Å². The molecule has 6 N–H and O–H groups in total. The number of anilines is 6. The lowest BCUT2D eigenvalue weighted by Gasteiger charge is -2.25. The number of rotatable bonds is 39.